The van der Waals surface area contributed by atoms with Gasteiger partial charge in [0.1, 0.15) is 5.75 Å². The number of hydrogen-bond acceptors (Lipinski definition) is 3. The Bertz CT molecular complexity index is 813. The van der Waals surface area contributed by atoms with Gasteiger partial charge >= 0.3 is 0 Å². The lowest BCUT2D eigenvalue weighted by molar-refractivity contribution is 0.102. The number of benzene rings is 3. The average Bonchev–Trinajstić information content (AvgIpc) is 2.65. The van der Waals surface area contributed by atoms with Crippen LogP contribution < -0.4 is 15.4 Å². The van der Waals surface area contributed by atoms with Crippen molar-refractivity contribution in [2.45, 2.75) is 6.92 Å². The second-order valence-electron chi connectivity index (χ2n) is 5.48. The van der Waals surface area contributed by atoms with Crippen molar-refractivity contribution in [3.8, 4) is 5.75 Å². The fraction of sp³-hybridized carbons (Fsp3) is 0.0952. The zero-order chi connectivity index (χ0) is 17.5. The van der Waals surface area contributed by atoms with Crippen molar-refractivity contribution in [1.29, 1.82) is 0 Å². The fourth-order valence-electron chi connectivity index (χ4n) is 2.40. The lowest BCUT2D eigenvalue weighted by Gasteiger charge is -2.09. The van der Waals surface area contributed by atoms with E-state index in [0.29, 0.717) is 12.2 Å². The predicted molar refractivity (Wildman–Crippen MR) is 102 cm³/mol. The van der Waals surface area contributed by atoms with E-state index >= 15 is 0 Å². The maximum Gasteiger partial charge on any atom is 0.255 e. The molecule has 0 atom stereocenters. The second kappa shape index (κ2) is 8.02. The Hall–Kier alpha value is -3.27. The summed E-state index contributed by atoms with van der Waals surface area (Å²) in [7, 11) is 0. The van der Waals surface area contributed by atoms with E-state index in [0.717, 1.165) is 22.8 Å². The van der Waals surface area contributed by atoms with Crippen LogP contribution in [-0.4, -0.2) is 12.5 Å². The molecule has 3 aromatic carbocycles. The number of amides is 1. The molecule has 2 N–H and O–H groups in total. The Morgan fingerprint density at radius 1 is 0.800 bits per heavy atom. The first-order valence-corrected chi connectivity index (χ1v) is 8.21. The van der Waals surface area contributed by atoms with Gasteiger partial charge < -0.3 is 15.4 Å². The molecule has 0 spiro atoms. The summed E-state index contributed by atoms with van der Waals surface area (Å²) in [4.78, 5) is 12.3. The molecule has 0 aliphatic carbocycles. The first kappa shape index (κ1) is 16.6. The van der Waals surface area contributed by atoms with Crippen LogP contribution in [0.2, 0.25) is 0 Å². The highest BCUT2D eigenvalue weighted by atomic mass is 16.5. The maximum atomic E-state index is 12.3. The van der Waals surface area contributed by atoms with Crippen LogP contribution in [0.25, 0.3) is 0 Å². The summed E-state index contributed by atoms with van der Waals surface area (Å²) in [6, 6.07) is 24.7. The molecule has 25 heavy (non-hydrogen) atoms. The van der Waals surface area contributed by atoms with Crippen molar-refractivity contribution in [1.82, 2.24) is 0 Å². The van der Waals surface area contributed by atoms with Crippen LogP contribution in [0.5, 0.6) is 5.75 Å². The van der Waals surface area contributed by atoms with Crippen LogP contribution in [0.1, 0.15) is 17.3 Å². The molecule has 0 heterocycles. The van der Waals surface area contributed by atoms with Crippen molar-refractivity contribution in [2.24, 2.45) is 0 Å². The topological polar surface area (TPSA) is 50.4 Å². The lowest BCUT2D eigenvalue weighted by atomic mass is 10.2. The Kier molecular flexibility index (Phi) is 5.32. The molecule has 1 amide bonds. The minimum atomic E-state index is -0.146. The van der Waals surface area contributed by atoms with Crippen molar-refractivity contribution >= 4 is 23.0 Å². The lowest BCUT2D eigenvalue weighted by Crippen LogP contribution is -2.11. The molecule has 0 saturated carbocycles. The third kappa shape index (κ3) is 4.61. The number of hydrogen-bond donors (Lipinski definition) is 2. The molecule has 0 saturated heterocycles. The van der Waals surface area contributed by atoms with Crippen LogP contribution in [0, 0.1) is 0 Å². The van der Waals surface area contributed by atoms with Crippen LogP contribution in [-0.2, 0) is 0 Å². The number of anilines is 3. The summed E-state index contributed by atoms with van der Waals surface area (Å²) in [5, 5.41) is 6.20. The van der Waals surface area contributed by atoms with Gasteiger partial charge in [0.05, 0.1) is 6.61 Å². The highest BCUT2D eigenvalue weighted by molar-refractivity contribution is 6.04. The van der Waals surface area contributed by atoms with E-state index in [4.69, 9.17) is 4.74 Å². The molecule has 3 aromatic rings. The van der Waals surface area contributed by atoms with E-state index in [9.17, 15) is 4.79 Å². The summed E-state index contributed by atoms with van der Waals surface area (Å²) in [5.41, 5.74) is 3.33. The Balaban J connectivity index is 1.61. The van der Waals surface area contributed by atoms with Gasteiger partial charge in [-0.05, 0) is 67.6 Å². The van der Waals surface area contributed by atoms with Gasteiger partial charge in [-0.15, -0.1) is 0 Å². The molecule has 126 valence electrons. The van der Waals surface area contributed by atoms with Gasteiger partial charge in [-0.3, -0.25) is 4.79 Å². The monoisotopic (exact) mass is 332 g/mol. The molecular formula is C21H20N2O2. The van der Waals surface area contributed by atoms with Crippen molar-refractivity contribution in [2.75, 3.05) is 17.2 Å². The number of nitrogens with one attached hydrogen (secondary N) is 2. The van der Waals surface area contributed by atoms with E-state index in [1.165, 1.54) is 0 Å². The third-order valence-corrected chi connectivity index (χ3v) is 3.63. The SMILES string of the molecule is CCOc1ccc(C(=O)Nc2ccc(Nc3ccccc3)cc2)cc1. The van der Waals surface area contributed by atoms with Gasteiger partial charge in [-0.2, -0.15) is 0 Å². The second-order valence-corrected chi connectivity index (χ2v) is 5.48. The third-order valence-electron chi connectivity index (χ3n) is 3.63. The molecule has 0 aromatic heterocycles. The van der Waals surface area contributed by atoms with Gasteiger partial charge in [0.2, 0.25) is 0 Å². The molecule has 0 bridgehead atoms. The highest BCUT2D eigenvalue weighted by Gasteiger charge is 2.06. The first-order chi connectivity index (χ1) is 12.2. The standard InChI is InChI=1S/C21H20N2O2/c1-2-25-20-14-8-16(9-15-20)21(24)23-19-12-10-18(11-13-19)22-17-6-4-3-5-7-17/h3-15,22H,2H2,1H3,(H,23,24). The molecule has 4 nitrogen and oxygen atoms in total. The maximum absolute atomic E-state index is 12.3. The number of carbonyl (C=O) groups is 1. The average molecular weight is 332 g/mol. The van der Waals surface area contributed by atoms with Gasteiger partial charge in [-0.25, -0.2) is 0 Å². The quantitative estimate of drug-likeness (QED) is 0.662. The van der Waals surface area contributed by atoms with Crippen LogP contribution in [0.4, 0.5) is 17.1 Å². The summed E-state index contributed by atoms with van der Waals surface area (Å²) in [6.45, 7) is 2.53. The molecule has 0 aliphatic rings. The zero-order valence-corrected chi connectivity index (χ0v) is 14.0. The first-order valence-electron chi connectivity index (χ1n) is 8.21. The van der Waals surface area contributed by atoms with Gasteiger partial charge in [0.25, 0.3) is 5.91 Å². The number of ether oxygens (including phenoxy) is 1. The van der Waals surface area contributed by atoms with Gasteiger partial charge in [-0.1, -0.05) is 18.2 Å². The van der Waals surface area contributed by atoms with E-state index in [1.807, 2.05) is 61.5 Å². The van der Waals surface area contributed by atoms with E-state index in [2.05, 4.69) is 10.6 Å². The van der Waals surface area contributed by atoms with Gasteiger partial charge in [0.15, 0.2) is 0 Å². The summed E-state index contributed by atoms with van der Waals surface area (Å²) in [5.74, 6) is 0.613. The molecule has 0 unspecified atom stereocenters. The zero-order valence-electron chi connectivity index (χ0n) is 14.0. The van der Waals surface area contributed by atoms with E-state index in [1.54, 1.807) is 24.3 Å². The molecule has 4 heteroatoms. The highest BCUT2D eigenvalue weighted by Crippen LogP contribution is 2.19. The molecule has 3 rings (SSSR count). The number of rotatable bonds is 6. The van der Waals surface area contributed by atoms with Crippen molar-refractivity contribution in [3.05, 3.63) is 84.4 Å². The Morgan fingerprint density at radius 3 is 2.04 bits per heavy atom. The largest absolute Gasteiger partial charge is 0.494 e. The van der Waals surface area contributed by atoms with Crippen molar-refractivity contribution < 1.29 is 9.53 Å². The number of carbonyl (C=O) groups excluding carboxylic acids is 1. The number of para-hydroxylation sites is 1. The Morgan fingerprint density at radius 2 is 1.40 bits per heavy atom. The molecule has 0 aliphatic heterocycles. The molecular weight excluding hydrogens is 312 g/mol. The minimum absolute atomic E-state index is 0.146. The predicted octanol–water partition coefficient (Wildman–Crippen LogP) is 5.08. The minimum Gasteiger partial charge on any atom is -0.494 e. The van der Waals surface area contributed by atoms with Crippen LogP contribution in [0.15, 0.2) is 78.9 Å². The van der Waals surface area contributed by atoms with Gasteiger partial charge in [0, 0.05) is 22.6 Å². The molecule has 0 fully saturated rings. The van der Waals surface area contributed by atoms with E-state index < -0.39 is 0 Å². The summed E-state index contributed by atoms with van der Waals surface area (Å²) in [6.07, 6.45) is 0. The fourth-order valence-corrected chi connectivity index (χ4v) is 2.40. The summed E-state index contributed by atoms with van der Waals surface area (Å²) < 4.78 is 5.38. The smallest absolute Gasteiger partial charge is 0.255 e. The van der Waals surface area contributed by atoms with E-state index in [-0.39, 0.29) is 5.91 Å². The van der Waals surface area contributed by atoms with Crippen LogP contribution in [0.3, 0.4) is 0 Å². The van der Waals surface area contributed by atoms with Crippen LogP contribution >= 0.6 is 0 Å². The molecule has 0 radical (unpaired) electrons. The van der Waals surface area contributed by atoms with Crippen molar-refractivity contribution in [3.63, 3.8) is 0 Å². The normalized spacial score (nSPS) is 10.1. The summed E-state index contributed by atoms with van der Waals surface area (Å²) >= 11 is 0. The Labute approximate surface area is 147 Å².